The van der Waals surface area contributed by atoms with Crippen LogP contribution >= 0.6 is 11.8 Å². The first-order chi connectivity index (χ1) is 13.9. The number of aliphatic hydroxyl groups is 1. The first-order valence-corrected chi connectivity index (χ1v) is 11.1. The molecule has 2 aliphatic rings. The third-order valence-corrected chi connectivity index (χ3v) is 7.26. The molecule has 0 spiro atoms. The molecule has 7 nitrogen and oxygen atoms in total. The van der Waals surface area contributed by atoms with Crippen LogP contribution in [0.4, 0.5) is 0 Å². The summed E-state index contributed by atoms with van der Waals surface area (Å²) in [6, 6.07) is 11.2. The average molecular weight is 444 g/mol. The fourth-order valence-corrected chi connectivity index (χ4v) is 5.70. The number of carbonyl (C=O) groups is 2. The number of nitrogens with two attached hydrogens (primary N) is 1. The molecule has 30 heavy (non-hydrogen) atoms. The SMILES string of the molecule is CC1(N)C=CC(O)(Sc2cccc3c2C(=O)c2ccccc2C3=O)C=C1S(=O)(=O)O. The highest BCUT2D eigenvalue weighted by Crippen LogP contribution is 2.43. The Morgan fingerprint density at radius 2 is 1.53 bits per heavy atom. The Balaban J connectivity index is 1.82. The molecule has 0 saturated carbocycles. The van der Waals surface area contributed by atoms with E-state index in [-0.39, 0.29) is 28.3 Å². The van der Waals surface area contributed by atoms with Crippen LogP contribution in [-0.4, -0.2) is 40.1 Å². The Morgan fingerprint density at radius 1 is 0.933 bits per heavy atom. The van der Waals surface area contributed by atoms with Crippen LogP contribution in [0, 0.1) is 0 Å². The van der Waals surface area contributed by atoms with E-state index in [9.17, 15) is 27.7 Å². The molecular weight excluding hydrogens is 426 g/mol. The molecule has 9 heteroatoms. The minimum Gasteiger partial charge on any atom is -0.372 e. The predicted octanol–water partition coefficient (Wildman–Crippen LogP) is 2.30. The molecule has 2 aromatic rings. The number of hydrogen-bond donors (Lipinski definition) is 3. The molecule has 0 amide bonds. The van der Waals surface area contributed by atoms with E-state index >= 15 is 0 Å². The molecule has 0 aromatic heterocycles. The van der Waals surface area contributed by atoms with Gasteiger partial charge in [0.15, 0.2) is 16.5 Å². The summed E-state index contributed by atoms with van der Waals surface area (Å²) >= 11 is 0.771. The normalized spacial score (nSPS) is 25.5. The lowest BCUT2D eigenvalue weighted by Crippen LogP contribution is -2.43. The summed E-state index contributed by atoms with van der Waals surface area (Å²) in [5.74, 6) is -0.674. The van der Waals surface area contributed by atoms with Gasteiger partial charge in [-0.25, -0.2) is 0 Å². The molecule has 0 aliphatic heterocycles. The van der Waals surface area contributed by atoms with E-state index < -0.39 is 25.5 Å². The van der Waals surface area contributed by atoms with Crippen molar-refractivity contribution in [2.75, 3.05) is 0 Å². The number of thioether (sulfide) groups is 1. The molecule has 4 N–H and O–H groups in total. The summed E-state index contributed by atoms with van der Waals surface area (Å²) in [6.45, 7) is 1.37. The van der Waals surface area contributed by atoms with Gasteiger partial charge in [0.05, 0.1) is 10.4 Å². The van der Waals surface area contributed by atoms with Crippen molar-refractivity contribution in [3.8, 4) is 0 Å². The second kappa shape index (κ2) is 6.73. The van der Waals surface area contributed by atoms with Gasteiger partial charge in [-0.05, 0) is 25.1 Å². The van der Waals surface area contributed by atoms with Crippen molar-refractivity contribution >= 4 is 33.4 Å². The molecule has 0 saturated heterocycles. The average Bonchev–Trinajstić information content (AvgIpc) is 2.67. The van der Waals surface area contributed by atoms with Crippen molar-refractivity contribution in [2.45, 2.75) is 22.3 Å². The van der Waals surface area contributed by atoms with Gasteiger partial charge in [0, 0.05) is 27.1 Å². The lowest BCUT2D eigenvalue weighted by Gasteiger charge is -2.32. The fourth-order valence-electron chi connectivity index (χ4n) is 3.56. The van der Waals surface area contributed by atoms with E-state index in [1.165, 1.54) is 25.1 Å². The summed E-state index contributed by atoms with van der Waals surface area (Å²) in [4.78, 5) is 23.8. The fraction of sp³-hybridized carbons (Fsp3) is 0.143. The topological polar surface area (TPSA) is 135 Å². The maximum Gasteiger partial charge on any atom is 0.292 e. The summed E-state index contributed by atoms with van der Waals surface area (Å²) in [5.41, 5.74) is 5.31. The Bertz CT molecular complexity index is 1280. The Morgan fingerprint density at radius 3 is 2.17 bits per heavy atom. The standard InChI is InChI=1S/C21H17NO6S2/c1-20(22)9-10-21(25,11-16(20)30(26,27)28)29-15-8-4-7-14-17(15)19(24)13-6-3-2-5-12(13)18(14)23/h2-11,25H,22H2,1H3,(H,26,27,28). The van der Waals surface area contributed by atoms with Gasteiger partial charge in [-0.15, -0.1) is 0 Å². The first-order valence-electron chi connectivity index (χ1n) is 8.86. The largest absolute Gasteiger partial charge is 0.372 e. The lowest BCUT2D eigenvalue weighted by molar-refractivity contribution is 0.0977. The van der Waals surface area contributed by atoms with Gasteiger partial charge in [0.2, 0.25) is 0 Å². The van der Waals surface area contributed by atoms with Gasteiger partial charge in [0.25, 0.3) is 10.1 Å². The molecule has 2 aromatic carbocycles. The van der Waals surface area contributed by atoms with Gasteiger partial charge < -0.3 is 10.8 Å². The zero-order valence-corrected chi connectivity index (χ0v) is 17.3. The second-order valence-corrected chi connectivity index (χ2v) is 10.0. The number of hydrogen-bond acceptors (Lipinski definition) is 7. The van der Waals surface area contributed by atoms with Crippen LogP contribution in [-0.2, 0) is 10.1 Å². The monoisotopic (exact) mass is 443 g/mol. The number of benzene rings is 2. The van der Waals surface area contributed by atoms with E-state index in [2.05, 4.69) is 0 Å². The molecule has 2 atom stereocenters. The number of carbonyl (C=O) groups excluding carboxylic acids is 2. The van der Waals surface area contributed by atoms with Crippen LogP contribution in [0.25, 0.3) is 0 Å². The maximum atomic E-state index is 13.1. The van der Waals surface area contributed by atoms with Crippen molar-refractivity contribution in [1.82, 2.24) is 0 Å². The van der Waals surface area contributed by atoms with Gasteiger partial charge in [-0.2, -0.15) is 8.42 Å². The second-order valence-electron chi connectivity index (χ2n) is 7.34. The smallest absolute Gasteiger partial charge is 0.292 e. The van der Waals surface area contributed by atoms with Gasteiger partial charge in [-0.1, -0.05) is 54.2 Å². The molecule has 0 bridgehead atoms. The Labute approximate surface area is 177 Å². The minimum atomic E-state index is -4.68. The molecule has 2 unspecified atom stereocenters. The van der Waals surface area contributed by atoms with Crippen LogP contribution in [0.15, 0.2) is 70.5 Å². The van der Waals surface area contributed by atoms with Crippen molar-refractivity contribution < 1.29 is 27.7 Å². The number of rotatable bonds is 3. The van der Waals surface area contributed by atoms with Crippen molar-refractivity contribution in [1.29, 1.82) is 0 Å². The first kappa shape index (κ1) is 20.7. The quantitative estimate of drug-likeness (QED) is 0.319. The van der Waals surface area contributed by atoms with Crippen LogP contribution in [0.3, 0.4) is 0 Å². The molecule has 0 fully saturated rings. The molecule has 0 heterocycles. The summed E-state index contributed by atoms with van der Waals surface area (Å²) < 4.78 is 33.0. The van der Waals surface area contributed by atoms with E-state index in [1.54, 1.807) is 36.4 Å². The maximum absolute atomic E-state index is 13.1. The van der Waals surface area contributed by atoms with E-state index in [0.29, 0.717) is 10.5 Å². The summed E-state index contributed by atoms with van der Waals surface area (Å²) in [5, 5.41) is 11.0. The molecule has 0 radical (unpaired) electrons. The predicted molar refractivity (Wildman–Crippen MR) is 112 cm³/mol. The number of fused-ring (bicyclic) bond motifs is 2. The molecule has 4 rings (SSSR count). The van der Waals surface area contributed by atoms with Crippen LogP contribution < -0.4 is 5.73 Å². The molecular formula is C21H17NO6S2. The third kappa shape index (κ3) is 3.34. The highest BCUT2D eigenvalue weighted by molar-refractivity contribution is 8.01. The molecule has 2 aliphatic carbocycles. The van der Waals surface area contributed by atoms with E-state index in [4.69, 9.17) is 5.73 Å². The van der Waals surface area contributed by atoms with Crippen LogP contribution in [0.1, 0.15) is 38.8 Å². The lowest BCUT2D eigenvalue weighted by atomic mass is 9.84. The van der Waals surface area contributed by atoms with Crippen molar-refractivity contribution in [3.05, 3.63) is 87.9 Å². The number of ketones is 2. The van der Waals surface area contributed by atoms with E-state index in [1.807, 2.05) is 0 Å². The van der Waals surface area contributed by atoms with Crippen molar-refractivity contribution in [2.24, 2.45) is 5.73 Å². The zero-order valence-electron chi connectivity index (χ0n) is 15.7. The van der Waals surface area contributed by atoms with E-state index in [0.717, 1.165) is 17.8 Å². The summed E-state index contributed by atoms with van der Waals surface area (Å²) in [7, 11) is -4.68. The van der Waals surface area contributed by atoms with Crippen LogP contribution in [0.5, 0.6) is 0 Å². The highest BCUT2D eigenvalue weighted by Gasteiger charge is 2.41. The zero-order chi connectivity index (χ0) is 21.9. The highest BCUT2D eigenvalue weighted by atomic mass is 32.2. The summed E-state index contributed by atoms with van der Waals surface area (Å²) in [6.07, 6.45) is 3.49. The van der Waals surface area contributed by atoms with Gasteiger partial charge >= 0.3 is 0 Å². The van der Waals surface area contributed by atoms with Crippen molar-refractivity contribution in [3.63, 3.8) is 0 Å². The molecule has 154 valence electrons. The Hall–Kier alpha value is -2.56. The minimum absolute atomic E-state index is 0.135. The Kier molecular flexibility index (Phi) is 4.64. The third-order valence-electron chi connectivity index (χ3n) is 5.00. The van der Waals surface area contributed by atoms with Gasteiger partial charge in [-0.3, -0.25) is 14.1 Å². The van der Waals surface area contributed by atoms with Crippen LogP contribution in [0.2, 0.25) is 0 Å². The van der Waals surface area contributed by atoms with Gasteiger partial charge in [0.1, 0.15) is 0 Å².